The minimum absolute atomic E-state index is 0. The van der Waals surface area contributed by atoms with Crippen LogP contribution >= 0.6 is 12.4 Å². The fourth-order valence-electron chi connectivity index (χ4n) is 2.48. The van der Waals surface area contributed by atoms with Gasteiger partial charge in [-0.25, -0.2) is 0 Å². The molecule has 1 unspecified atom stereocenters. The second-order valence-electron chi connectivity index (χ2n) is 4.54. The van der Waals surface area contributed by atoms with Crippen LogP contribution in [0.1, 0.15) is 19.3 Å². The van der Waals surface area contributed by atoms with Gasteiger partial charge in [-0.2, -0.15) is 4.98 Å². The third-order valence-corrected chi connectivity index (χ3v) is 3.43. The molecule has 0 saturated carbocycles. The number of anilines is 1. The Bertz CT molecular complexity index is 481. The molecule has 1 aromatic carbocycles. The van der Waals surface area contributed by atoms with Crippen molar-refractivity contribution in [3.8, 4) is 0 Å². The van der Waals surface area contributed by atoms with Gasteiger partial charge in [-0.1, -0.05) is 12.1 Å². The Hall–Kier alpha value is -1.26. The van der Waals surface area contributed by atoms with Crippen molar-refractivity contribution in [1.29, 1.82) is 0 Å². The monoisotopic (exact) mass is 267 g/mol. The summed E-state index contributed by atoms with van der Waals surface area (Å²) >= 11 is 0. The van der Waals surface area contributed by atoms with Crippen LogP contribution in [0.4, 0.5) is 6.01 Å². The first-order valence-electron chi connectivity index (χ1n) is 6.21. The molecule has 1 atom stereocenters. The molecular weight excluding hydrogens is 250 g/mol. The van der Waals surface area contributed by atoms with Crippen LogP contribution in [-0.2, 0) is 0 Å². The average Bonchev–Trinajstić information content (AvgIpc) is 2.82. The molecule has 1 saturated heterocycles. The van der Waals surface area contributed by atoms with Crippen LogP contribution in [0.5, 0.6) is 0 Å². The highest BCUT2D eigenvalue weighted by atomic mass is 35.5. The summed E-state index contributed by atoms with van der Waals surface area (Å²) < 4.78 is 5.80. The number of para-hydroxylation sites is 2. The number of rotatable bonds is 2. The van der Waals surface area contributed by atoms with Gasteiger partial charge < -0.3 is 15.1 Å². The lowest BCUT2D eigenvalue weighted by molar-refractivity contribution is 0.428. The zero-order valence-corrected chi connectivity index (χ0v) is 11.0. The molecule has 98 valence electrons. The molecule has 0 amide bonds. The Labute approximate surface area is 113 Å². The summed E-state index contributed by atoms with van der Waals surface area (Å²) in [4.78, 5) is 6.75. The number of hydrogen-bond acceptors (Lipinski definition) is 4. The Kier molecular flexibility index (Phi) is 4.09. The van der Waals surface area contributed by atoms with E-state index in [9.17, 15) is 0 Å². The lowest BCUT2D eigenvalue weighted by atomic mass is 10.0. The fraction of sp³-hybridized carbons (Fsp3) is 0.462. The topological polar surface area (TPSA) is 55.3 Å². The highest BCUT2D eigenvalue weighted by Crippen LogP contribution is 2.27. The normalized spacial score (nSPS) is 19.8. The second-order valence-corrected chi connectivity index (χ2v) is 4.54. The quantitative estimate of drug-likeness (QED) is 0.909. The van der Waals surface area contributed by atoms with E-state index >= 15 is 0 Å². The van der Waals surface area contributed by atoms with E-state index in [1.165, 1.54) is 12.8 Å². The number of aromatic nitrogens is 1. The predicted molar refractivity (Wildman–Crippen MR) is 75.3 cm³/mol. The van der Waals surface area contributed by atoms with Crippen LogP contribution in [0.3, 0.4) is 0 Å². The number of nitrogens with zero attached hydrogens (tertiary/aromatic N) is 2. The first kappa shape index (κ1) is 13.2. The van der Waals surface area contributed by atoms with E-state index in [0.29, 0.717) is 12.6 Å². The smallest absolute Gasteiger partial charge is 0.298 e. The van der Waals surface area contributed by atoms with E-state index in [1.54, 1.807) is 0 Å². The van der Waals surface area contributed by atoms with Gasteiger partial charge in [-0.15, -0.1) is 12.4 Å². The molecule has 0 aliphatic carbocycles. The number of oxazole rings is 1. The van der Waals surface area contributed by atoms with Gasteiger partial charge in [0.25, 0.3) is 6.01 Å². The minimum atomic E-state index is 0. The van der Waals surface area contributed by atoms with Gasteiger partial charge in [-0.05, 0) is 31.4 Å². The maximum Gasteiger partial charge on any atom is 0.298 e. The van der Waals surface area contributed by atoms with Crippen molar-refractivity contribution in [2.24, 2.45) is 5.73 Å². The maximum atomic E-state index is 5.81. The molecule has 1 aliphatic heterocycles. The Morgan fingerprint density at radius 2 is 2.17 bits per heavy atom. The molecule has 0 spiro atoms. The molecule has 3 rings (SSSR count). The largest absolute Gasteiger partial charge is 0.423 e. The van der Waals surface area contributed by atoms with Crippen molar-refractivity contribution in [3.63, 3.8) is 0 Å². The molecule has 1 fully saturated rings. The fourth-order valence-corrected chi connectivity index (χ4v) is 2.48. The van der Waals surface area contributed by atoms with Crippen molar-refractivity contribution >= 4 is 29.5 Å². The number of halogens is 1. The number of piperidine rings is 1. The summed E-state index contributed by atoms with van der Waals surface area (Å²) in [5.41, 5.74) is 7.59. The summed E-state index contributed by atoms with van der Waals surface area (Å²) in [6.07, 6.45) is 3.57. The first-order chi connectivity index (χ1) is 8.38. The van der Waals surface area contributed by atoms with Crippen LogP contribution in [0, 0.1) is 0 Å². The van der Waals surface area contributed by atoms with Crippen molar-refractivity contribution < 1.29 is 4.42 Å². The number of benzene rings is 1. The van der Waals surface area contributed by atoms with E-state index in [-0.39, 0.29) is 12.4 Å². The number of hydrogen-bond donors (Lipinski definition) is 1. The van der Waals surface area contributed by atoms with E-state index in [4.69, 9.17) is 10.2 Å². The van der Waals surface area contributed by atoms with Crippen molar-refractivity contribution in [2.75, 3.05) is 18.0 Å². The molecule has 4 nitrogen and oxygen atoms in total. The van der Waals surface area contributed by atoms with E-state index in [0.717, 1.165) is 30.1 Å². The molecule has 0 radical (unpaired) electrons. The molecular formula is C13H18ClN3O. The molecule has 1 aromatic heterocycles. The number of nitrogens with two attached hydrogens (primary N) is 1. The van der Waals surface area contributed by atoms with E-state index < -0.39 is 0 Å². The predicted octanol–water partition coefficient (Wildman–Crippen LogP) is 2.57. The van der Waals surface area contributed by atoms with Crippen LogP contribution < -0.4 is 10.6 Å². The Balaban J connectivity index is 0.00000120. The van der Waals surface area contributed by atoms with Gasteiger partial charge >= 0.3 is 0 Å². The van der Waals surface area contributed by atoms with Gasteiger partial charge in [0.15, 0.2) is 5.58 Å². The minimum Gasteiger partial charge on any atom is -0.423 e. The van der Waals surface area contributed by atoms with Gasteiger partial charge in [0.05, 0.1) is 0 Å². The summed E-state index contributed by atoms with van der Waals surface area (Å²) in [7, 11) is 0. The first-order valence-corrected chi connectivity index (χ1v) is 6.21. The maximum absolute atomic E-state index is 5.81. The lowest BCUT2D eigenvalue weighted by Crippen LogP contribution is -2.44. The SMILES string of the molecule is Cl.NCC1CCCCN1c1nc2ccccc2o1. The molecule has 0 bridgehead atoms. The van der Waals surface area contributed by atoms with E-state index in [1.807, 2.05) is 24.3 Å². The van der Waals surface area contributed by atoms with Gasteiger partial charge in [0, 0.05) is 19.1 Å². The molecule has 18 heavy (non-hydrogen) atoms. The van der Waals surface area contributed by atoms with Crippen LogP contribution in [0.2, 0.25) is 0 Å². The standard InChI is InChI=1S/C13H17N3O.ClH/c14-9-10-5-3-4-8-16(10)13-15-11-6-1-2-7-12(11)17-13;/h1-2,6-7,10H,3-5,8-9,14H2;1H. The molecule has 2 heterocycles. The van der Waals surface area contributed by atoms with Crippen molar-refractivity contribution in [3.05, 3.63) is 24.3 Å². The third kappa shape index (κ3) is 2.31. The summed E-state index contributed by atoms with van der Waals surface area (Å²) in [6.45, 7) is 1.66. The van der Waals surface area contributed by atoms with Gasteiger partial charge in [-0.3, -0.25) is 0 Å². The lowest BCUT2D eigenvalue weighted by Gasteiger charge is -2.33. The molecule has 1 aliphatic rings. The average molecular weight is 268 g/mol. The van der Waals surface area contributed by atoms with Crippen molar-refractivity contribution in [1.82, 2.24) is 4.98 Å². The second kappa shape index (κ2) is 5.59. The highest BCUT2D eigenvalue weighted by molar-refractivity contribution is 5.85. The summed E-state index contributed by atoms with van der Waals surface area (Å²) in [6, 6.07) is 8.97. The van der Waals surface area contributed by atoms with Gasteiger partial charge in [0.2, 0.25) is 0 Å². The van der Waals surface area contributed by atoms with Crippen LogP contribution in [0.25, 0.3) is 11.1 Å². The van der Waals surface area contributed by atoms with E-state index in [2.05, 4.69) is 9.88 Å². The third-order valence-electron chi connectivity index (χ3n) is 3.43. The molecule has 5 heteroatoms. The highest BCUT2D eigenvalue weighted by Gasteiger charge is 2.25. The Morgan fingerprint density at radius 3 is 2.94 bits per heavy atom. The molecule has 2 aromatic rings. The van der Waals surface area contributed by atoms with Crippen LogP contribution in [0.15, 0.2) is 28.7 Å². The van der Waals surface area contributed by atoms with Crippen molar-refractivity contribution in [2.45, 2.75) is 25.3 Å². The van der Waals surface area contributed by atoms with Crippen LogP contribution in [-0.4, -0.2) is 24.1 Å². The Morgan fingerprint density at radius 1 is 1.33 bits per heavy atom. The number of fused-ring (bicyclic) bond motifs is 1. The summed E-state index contributed by atoms with van der Waals surface area (Å²) in [5.74, 6) is 0. The molecule has 2 N–H and O–H groups in total. The summed E-state index contributed by atoms with van der Waals surface area (Å²) in [5, 5.41) is 0. The zero-order valence-electron chi connectivity index (χ0n) is 10.2. The zero-order chi connectivity index (χ0) is 11.7. The van der Waals surface area contributed by atoms with Gasteiger partial charge in [0.1, 0.15) is 5.52 Å².